The molecule has 1 heterocycles. The van der Waals surface area contributed by atoms with E-state index < -0.39 is 5.95 Å². The van der Waals surface area contributed by atoms with Gasteiger partial charge in [0.25, 0.3) is 0 Å². The summed E-state index contributed by atoms with van der Waals surface area (Å²) in [5.41, 5.74) is -0.154. The van der Waals surface area contributed by atoms with Crippen LogP contribution in [0.1, 0.15) is 36.5 Å². The first kappa shape index (κ1) is 8.41. The predicted molar refractivity (Wildman–Crippen MR) is 45.1 cm³/mol. The molecular weight excluding hydrogens is 171 g/mol. The van der Waals surface area contributed by atoms with Gasteiger partial charge in [0.2, 0.25) is 5.95 Å². The Morgan fingerprint density at radius 2 is 2.38 bits per heavy atom. The van der Waals surface area contributed by atoms with Gasteiger partial charge in [0.1, 0.15) is 0 Å². The Labute approximate surface area is 75.5 Å². The molecule has 1 fully saturated rings. The molecule has 3 nitrogen and oxygen atoms in total. The third kappa shape index (κ3) is 1.08. The number of rotatable bonds is 2. The van der Waals surface area contributed by atoms with Crippen molar-refractivity contribution in [2.24, 2.45) is 0 Å². The summed E-state index contributed by atoms with van der Waals surface area (Å²) >= 11 is 0. The summed E-state index contributed by atoms with van der Waals surface area (Å²) in [5, 5.41) is 3.89. The molecular formula is C9H11FN2O. The van der Waals surface area contributed by atoms with Crippen LogP contribution >= 0.6 is 0 Å². The number of hydrogen-bond acceptors (Lipinski definition) is 2. The van der Waals surface area contributed by atoms with Crippen LogP contribution in [0.25, 0.3) is 0 Å². The smallest absolute Gasteiger partial charge is 0.222 e. The maximum Gasteiger partial charge on any atom is 0.222 e. The van der Waals surface area contributed by atoms with Gasteiger partial charge in [-0.2, -0.15) is 9.49 Å². The van der Waals surface area contributed by atoms with Crippen LogP contribution in [0.4, 0.5) is 4.39 Å². The standard InChI is InChI=1S/C9H11FN2O/c1-9(3-2-4-9)12-8(10)7(6-13)5-11-12/h5-6H,2-4H2,1H3. The second-order valence-corrected chi connectivity index (χ2v) is 3.77. The van der Waals surface area contributed by atoms with Crippen LogP contribution < -0.4 is 0 Å². The Morgan fingerprint density at radius 1 is 1.69 bits per heavy atom. The van der Waals surface area contributed by atoms with E-state index in [4.69, 9.17) is 0 Å². The van der Waals surface area contributed by atoms with E-state index in [1.807, 2.05) is 6.92 Å². The van der Waals surface area contributed by atoms with Gasteiger partial charge in [-0.15, -0.1) is 0 Å². The van der Waals surface area contributed by atoms with E-state index in [1.54, 1.807) is 0 Å². The quantitative estimate of drug-likeness (QED) is 0.653. The number of carbonyl (C=O) groups excluding carboxylic acids is 1. The molecule has 0 aliphatic heterocycles. The molecule has 4 heteroatoms. The number of nitrogens with zero attached hydrogens (tertiary/aromatic N) is 2. The molecule has 0 bridgehead atoms. The third-order valence-electron chi connectivity index (χ3n) is 2.81. The summed E-state index contributed by atoms with van der Waals surface area (Å²) in [7, 11) is 0. The number of carbonyl (C=O) groups is 1. The van der Waals surface area contributed by atoms with Gasteiger partial charge in [0.15, 0.2) is 6.29 Å². The molecule has 13 heavy (non-hydrogen) atoms. The van der Waals surface area contributed by atoms with Crippen molar-refractivity contribution in [3.63, 3.8) is 0 Å². The van der Waals surface area contributed by atoms with Crippen LogP contribution in [0.5, 0.6) is 0 Å². The zero-order chi connectivity index (χ0) is 9.47. The second kappa shape index (κ2) is 2.65. The SMILES string of the molecule is CC1(n2ncc(C=O)c2F)CCC1. The minimum Gasteiger partial charge on any atom is -0.298 e. The lowest BCUT2D eigenvalue weighted by atomic mass is 9.79. The minimum atomic E-state index is -0.503. The second-order valence-electron chi connectivity index (χ2n) is 3.77. The van der Waals surface area contributed by atoms with Crippen LogP contribution in [-0.4, -0.2) is 16.1 Å². The highest BCUT2D eigenvalue weighted by Gasteiger charge is 2.36. The van der Waals surface area contributed by atoms with Crippen molar-refractivity contribution in [2.75, 3.05) is 0 Å². The lowest BCUT2D eigenvalue weighted by Crippen LogP contribution is -2.39. The van der Waals surface area contributed by atoms with E-state index in [9.17, 15) is 9.18 Å². The largest absolute Gasteiger partial charge is 0.298 e. The highest BCUT2D eigenvalue weighted by molar-refractivity contribution is 5.74. The Kier molecular flexibility index (Phi) is 1.71. The van der Waals surface area contributed by atoms with Gasteiger partial charge >= 0.3 is 0 Å². The zero-order valence-corrected chi connectivity index (χ0v) is 7.46. The normalized spacial score (nSPS) is 19.5. The molecule has 2 rings (SSSR count). The highest BCUT2D eigenvalue weighted by Crippen LogP contribution is 2.38. The summed E-state index contributed by atoms with van der Waals surface area (Å²) in [6.07, 6.45) is 4.76. The van der Waals surface area contributed by atoms with Crippen molar-refractivity contribution >= 4 is 6.29 Å². The van der Waals surface area contributed by atoms with Crippen molar-refractivity contribution in [3.8, 4) is 0 Å². The van der Waals surface area contributed by atoms with E-state index in [-0.39, 0.29) is 11.1 Å². The predicted octanol–water partition coefficient (Wildman–Crippen LogP) is 1.73. The van der Waals surface area contributed by atoms with E-state index in [0.29, 0.717) is 6.29 Å². The Balaban J connectivity index is 2.40. The highest BCUT2D eigenvalue weighted by atomic mass is 19.1. The average Bonchev–Trinajstić information content (AvgIpc) is 2.43. The average molecular weight is 182 g/mol. The number of aldehydes is 1. The van der Waals surface area contributed by atoms with Crippen LogP contribution in [0.2, 0.25) is 0 Å². The fraction of sp³-hybridized carbons (Fsp3) is 0.556. The maximum atomic E-state index is 13.4. The summed E-state index contributed by atoms with van der Waals surface area (Å²) in [5.74, 6) is -0.503. The van der Waals surface area contributed by atoms with Crippen molar-refractivity contribution < 1.29 is 9.18 Å². The molecule has 0 N–H and O–H groups in total. The molecule has 0 aromatic carbocycles. The molecule has 0 saturated heterocycles. The first-order valence-electron chi connectivity index (χ1n) is 4.36. The van der Waals surface area contributed by atoms with E-state index in [0.717, 1.165) is 19.3 Å². The molecule has 1 aliphatic carbocycles. The number of halogens is 1. The van der Waals surface area contributed by atoms with Crippen LogP contribution in [0.3, 0.4) is 0 Å². The summed E-state index contributed by atoms with van der Waals surface area (Å²) in [4.78, 5) is 10.4. The summed E-state index contributed by atoms with van der Waals surface area (Å²) < 4.78 is 14.8. The van der Waals surface area contributed by atoms with Gasteiger partial charge < -0.3 is 0 Å². The Bertz CT molecular complexity index is 341. The van der Waals surface area contributed by atoms with Gasteiger partial charge in [-0.1, -0.05) is 0 Å². The fourth-order valence-electron chi connectivity index (χ4n) is 1.70. The monoisotopic (exact) mass is 182 g/mol. The molecule has 1 aromatic heterocycles. The van der Waals surface area contributed by atoms with E-state index in [1.165, 1.54) is 10.9 Å². The molecule has 0 amide bonds. The van der Waals surface area contributed by atoms with E-state index >= 15 is 0 Å². The van der Waals surface area contributed by atoms with Gasteiger partial charge in [0, 0.05) is 0 Å². The first-order chi connectivity index (χ1) is 6.17. The summed E-state index contributed by atoms with van der Waals surface area (Å²) in [6, 6.07) is 0. The lowest BCUT2D eigenvalue weighted by molar-refractivity contribution is 0.110. The molecule has 0 spiro atoms. The molecule has 1 saturated carbocycles. The minimum absolute atomic E-state index is 0.0492. The molecule has 1 aliphatic rings. The third-order valence-corrected chi connectivity index (χ3v) is 2.81. The van der Waals surface area contributed by atoms with Crippen LogP contribution in [0, 0.1) is 5.95 Å². The van der Waals surface area contributed by atoms with Gasteiger partial charge in [0.05, 0.1) is 17.3 Å². The molecule has 70 valence electrons. The topological polar surface area (TPSA) is 34.9 Å². The van der Waals surface area contributed by atoms with Crippen LogP contribution in [0.15, 0.2) is 6.20 Å². The van der Waals surface area contributed by atoms with E-state index in [2.05, 4.69) is 5.10 Å². The number of aromatic nitrogens is 2. The molecule has 0 atom stereocenters. The Hall–Kier alpha value is -1.19. The van der Waals surface area contributed by atoms with Crippen molar-refractivity contribution in [3.05, 3.63) is 17.7 Å². The summed E-state index contributed by atoms with van der Waals surface area (Å²) in [6.45, 7) is 1.96. The van der Waals surface area contributed by atoms with Crippen molar-refractivity contribution in [1.82, 2.24) is 9.78 Å². The molecule has 1 aromatic rings. The maximum absolute atomic E-state index is 13.4. The Morgan fingerprint density at radius 3 is 2.77 bits per heavy atom. The fourth-order valence-corrected chi connectivity index (χ4v) is 1.70. The van der Waals surface area contributed by atoms with Crippen molar-refractivity contribution in [2.45, 2.75) is 31.7 Å². The lowest BCUT2D eigenvalue weighted by Gasteiger charge is -2.38. The van der Waals surface area contributed by atoms with Crippen LogP contribution in [-0.2, 0) is 5.54 Å². The molecule has 0 unspecified atom stereocenters. The van der Waals surface area contributed by atoms with Gasteiger partial charge in [-0.05, 0) is 26.2 Å². The number of hydrogen-bond donors (Lipinski definition) is 0. The zero-order valence-electron chi connectivity index (χ0n) is 7.46. The van der Waals surface area contributed by atoms with Gasteiger partial charge in [-0.3, -0.25) is 4.79 Å². The first-order valence-corrected chi connectivity index (χ1v) is 4.36. The van der Waals surface area contributed by atoms with Gasteiger partial charge in [-0.25, -0.2) is 4.68 Å². The van der Waals surface area contributed by atoms with Crippen molar-refractivity contribution in [1.29, 1.82) is 0 Å². The molecule has 0 radical (unpaired) electrons.